The van der Waals surface area contributed by atoms with Gasteiger partial charge in [-0.2, -0.15) is 5.10 Å². The topological polar surface area (TPSA) is 94.4 Å². The Morgan fingerprint density at radius 1 is 1.27 bits per heavy atom. The van der Waals surface area contributed by atoms with Crippen molar-refractivity contribution in [3.8, 4) is 17.1 Å². The quantitative estimate of drug-likeness (QED) is 0.587. The molecule has 7 nitrogen and oxygen atoms in total. The Morgan fingerprint density at radius 2 is 2.09 bits per heavy atom. The van der Waals surface area contributed by atoms with E-state index in [-0.39, 0.29) is 11.5 Å². The van der Waals surface area contributed by atoms with Gasteiger partial charge in [-0.05, 0) is 24.3 Å². The zero-order valence-corrected chi connectivity index (χ0v) is 11.9. The summed E-state index contributed by atoms with van der Waals surface area (Å²) >= 11 is 0. The van der Waals surface area contributed by atoms with Crippen LogP contribution in [0.15, 0.2) is 28.7 Å². The van der Waals surface area contributed by atoms with Gasteiger partial charge in [-0.25, -0.2) is 4.79 Å². The number of hydrogen-bond acceptors (Lipinski definition) is 6. The second-order valence-electron chi connectivity index (χ2n) is 4.45. The molecular weight excluding hydrogens is 288 g/mol. The predicted octanol–water partition coefficient (Wildman–Crippen LogP) is 2.43. The van der Waals surface area contributed by atoms with E-state index in [1.165, 1.54) is 14.2 Å². The van der Waals surface area contributed by atoms with Crippen molar-refractivity contribution in [2.24, 2.45) is 0 Å². The van der Waals surface area contributed by atoms with Gasteiger partial charge in [0.2, 0.25) is 0 Å². The van der Waals surface area contributed by atoms with Gasteiger partial charge in [0.15, 0.2) is 17.7 Å². The highest BCUT2D eigenvalue weighted by Crippen LogP contribution is 2.36. The molecule has 0 unspecified atom stereocenters. The Bertz CT molecular complexity index is 862. The monoisotopic (exact) mass is 300 g/mol. The largest absolute Gasteiger partial charge is 0.494 e. The minimum Gasteiger partial charge on any atom is -0.494 e. The summed E-state index contributed by atoms with van der Waals surface area (Å²) in [5.74, 6) is 0.592. The maximum absolute atomic E-state index is 11.9. The Hall–Kier alpha value is -3.09. The third kappa shape index (κ3) is 2.03. The number of aldehydes is 1. The van der Waals surface area contributed by atoms with Crippen LogP contribution in [0.2, 0.25) is 0 Å². The normalized spacial score (nSPS) is 10.6. The molecule has 22 heavy (non-hydrogen) atoms. The number of methoxy groups -OCH3 is 2. The number of furan rings is 1. The van der Waals surface area contributed by atoms with Gasteiger partial charge in [-0.3, -0.25) is 9.89 Å². The fraction of sp³-hybridized carbons (Fsp3) is 0.133. The zero-order chi connectivity index (χ0) is 15.7. The van der Waals surface area contributed by atoms with Crippen molar-refractivity contribution in [2.75, 3.05) is 14.2 Å². The van der Waals surface area contributed by atoms with Gasteiger partial charge in [0, 0.05) is 10.9 Å². The molecule has 0 bridgehead atoms. The summed E-state index contributed by atoms with van der Waals surface area (Å²) in [6, 6.07) is 6.65. The van der Waals surface area contributed by atoms with Crippen LogP contribution < -0.4 is 4.74 Å². The standard InChI is InChI=1S/C15H12N2O5/c1-20-11-6-4-9(10-5-3-8(7-18)22-10)12-13(11)16-17-14(12)15(19)21-2/h3-7H,1-2H3,(H,16,17). The van der Waals surface area contributed by atoms with E-state index >= 15 is 0 Å². The van der Waals surface area contributed by atoms with Gasteiger partial charge in [0.25, 0.3) is 0 Å². The molecule has 1 N–H and O–H groups in total. The van der Waals surface area contributed by atoms with Crippen LogP contribution in [0, 0.1) is 0 Å². The molecule has 112 valence electrons. The maximum Gasteiger partial charge on any atom is 0.356 e. The van der Waals surface area contributed by atoms with E-state index in [2.05, 4.69) is 10.2 Å². The van der Waals surface area contributed by atoms with E-state index in [4.69, 9.17) is 13.9 Å². The Labute approximate surface area is 124 Å². The highest BCUT2D eigenvalue weighted by atomic mass is 16.5. The van der Waals surface area contributed by atoms with E-state index in [0.717, 1.165) is 0 Å². The van der Waals surface area contributed by atoms with Crippen molar-refractivity contribution in [3.63, 3.8) is 0 Å². The van der Waals surface area contributed by atoms with Crippen LogP contribution in [-0.2, 0) is 4.74 Å². The van der Waals surface area contributed by atoms with E-state index in [1.54, 1.807) is 24.3 Å². The van der Waals surface area contributed by atoms with Gasteiger partial charge in [-0.15, -0.1) is 0 Å². The summed E-state index contributed by atoms with van der Waals surface area (Å²) < 4.78 is 15.4. The van der Waals surface area contributed by atoms with Gasteiger partial charge in [0.05, 0.1) is 14.2 Å². The first-order valence-corrected chi connectivity index (χ1v) is 6.38. The molecule has 3 aromatic rings. The lowest BCUT2D eigenvalue weighted by atomic mass is 10.0. The lowest BCUT2D eigenvalue weighted by molar-refractivity contribution is 0.0596. The van der Waals surface area contributed by atoms with Crippen molar-refractivity contribution in [1.29, 1.82) is 0 Å². The van der Waals surface area contributed by atoms with E-state index in [0.29, 0.717) is 34.3 Å². The molecule has 0 aliphatic rings. The lowest BCUT2D eigenvalue weighted by Crippen LogP contribution is -2.02. The van der Waals surface area contributed by atoms with E-state index in [1.807, 2.05) is 0 Å². The first kappa shape index (κ1) is 13.9. The second-order valence-corrected chi connectivity index (χ2v) is 4.45. The molecule has 3 rings (SSSR count). The number of aromatic amines is 1. The molecule has 0 atom stereocenters. The summed E-state index contributed by atoms with van der Waals surface area (Å²) in [7, 11) is 2.80. The fourth-order valence-corrected chi connectivity index (χ4v) is 2.28. The zero-order valence-electron chi connectivity index (χ0n) is 11.9. The number of esters is 1. The van der Waals surface area contributed by atoms with Gasteiger partial charge >= 0.3 is 5.97 Å². The molecular formula is C15H12N2O5. The van der Waals surface area contributed by atoms with Crippen molar-refractivity contribution >= 4 is 23.2 Å². The van der Waals surface area contributed by atoms with Crippen molar-refractivity contribution in [2.45, 2.75) is 0 Å². The summed E-state index contributed by atoms with van der Waals surface area (Å²) in [5, 5.41) is 7.28. The van der Waals surface area contributed by atoms with Crippen molar-refractivity contribution < 1.29 is 23.5 Å². The van der Waals surface area contributed by atoms with E-state index < -0.39 is 5.97 Å². The smallest absolute Gasteiger partial charge is 0.356 e. The molecule has 2 aromatic heterocycles. The lowest BCUT2D eigenvalue weighted by Gasteiger charge is -2.05. The number of aromatic nitrogens is 2. The maximum atomic E-state index is 11.9. The molecule has 1 aromatic carbocycles. The fourth-order valence-electron chi connectivity index (χ4n) is 2.28. The van der Waals surface area contributed by atoms with Crippen LogP contribution in [0.5, 0.6) is 5.75 Å². The predicted molar refractivity (Wildman–Crippen MR) is 77.1 cm³/mol. The number of fused-ring (bicyclic) bond motifs is 1. The Morgan fingerprint density at radius 3 is 2.73 bits per heavy atom. The van der Waals surface area contributed by atoms with Gasteiger partial charge in [-0.1, -0.05) is 0 Å². The number of carbonyl (C=O) groups excluding carboxylic acids is 2. The number of ether oxygens (including phenoxy) is 2. The van der Waals surface area contributed by atoms with Crippen LogP contribution in [0.1, 0.15) is 21.0 Å². The van der Waals surface area contributed by atoms with Crippen LogP contribution >= 0.6 is 0 Å². The highest BCUT2D eigenvalue weighted by Gasteiger charge is 2.22. The van der Waals surface area contributed by atoms with Gasteiger partial charge < -0.3 is 13.9 Å². The Kier molecular flexibility index (Phi) is 3.38. The SMILES string of the molecule is COC(=O)c1[nH]nc2c(OC)ccc(-c3ccc(C=O)o3)c12. The summed E-state index contributed by atoms with van der Waals surface area (Å²) in [5.41, 5.74) is 1.28. The first-order chi connectivity index (χ1) is 10.7. The minimum atomic E-state index is -0.556. The Balaban J connectivity index is 2.31. The minimum absolute atomic E-state index is 0.190. The van der Waals surface area contributed by atoms with Crippen molar-refractivity contribution in [3.05, 3.63) is 35.7 Å². The molecule has 0 aliphatic carbocycles. The molecule has 0 spiro atoms. The molecule has 0 saturated carbocycles. The molecule has 0 radical (unpaired) electrons. The van der Waals surface area contributed by atoms with Gasteiger partial charge in [0.1, 0.15) is 17.0 Å². The third-order valence-corrected chi connectivity index (χ3v) is 3.29. The number of carbonyl (C=O) groups is 2. The average Bonchev–Trinajstić information content (AvgIpc) is 3.20. The summed E-state index contributed by atoms with van der Waals surface area (Å²) in [4.78, 5) is 22.7. The molecule has 0 amide bonds. The van der Waals surface area contributed by atoms with Crippen LogP contribution in [0.25, 0.3) is 22.2 Å². The van der Waals surface area contributed by atoms with Crippen LogP contribution in [0.4, 0.5) is 0 Å². The molecule has 7 heteroatoms. The molecule has 0 saturated heterocycles. The highest BCUT2D eigenvalue weighted by molar-refractivity contribution is 6.09. The van der Waals surface area contributed by atoms with E-state index in [9.17, 15) is 9.59 Å². The number of nitrogens with zero attached hydrogens (tertiary/aromatic N) is 1. The number of hydrogen-bond donors (Lipinski definition) is 1. The van der Waals surface area contributed by atoms with Crippen molar-refractivity contribution in [1.82, 2.24) is 10.2 Å². The number of benzene rings is 1. The van der Waals surface area contributed by atoms with Crippen LogP contribution in [0.3, 0.4) is 0 Å². The molecule has 0 aliphatic heterocycles. The summed E-state index contributed by atoms with van der Waals surface area (Å²) in [6.45, 7) is 0. The number of H-pyrrole nitrogens is 1. The molecule has 0 fully saturated rings. The summed E-state index contributed by atoms with van der Waals surface area (Å²) in [6.07, 6.45) is 0.612. The number of nitrogens with one attached hydrogen (secondary N) is 1. The van der Waals surface area contributed by atoms with Crippen LogP contribution in [-0.4, -0.2) is 36.7 Å². The molecule has 2 heterocycles. The second kappa shape index (κ2) is 5.36. The third-order valence-electron chi connectivity index (χ3n) is 3.29. The first-order valence-electron chi connectivity index (χ1n) is 6.38. The average molecular weight is 300 g/mol. The number of rotatable bonds is 4.